The molecule has 0 aliphatic carbocycles. The van der Waals surface area contributed by atoms with Gasteiger partial charge in [0.05, 0.1) is 16.3 Å². The summed E-state index contributed by atoms with van der Waals surface area (Å²) >= 11 is 6.22. The van der Waals surface area contributed by atoms with Gasteiger partial charge in [-0.25, -0.2) is 4.68 Å². The molecular formula is C27H24ClN5O3. The van der Waals surface area contributed by atoms with E-state index in [9.17, 15) is 14.9 Å². The summed E-state index contributed by atoms with van der Waals surface area (Å²) in [5.41, 5.74) is 3.57. The first-order chi connectivity index (χ1) is 17.5. The van der Waals surface area contributed by atoms with Gasteiger partial charge >= 0.3 is 0 Å². The minimum Gasteiger partial charge on any atom is -0.335 e. The predicted molar refractivity (Wildman–Crippen MR) is 138 cm³/mol. The summed E-state index contributed by atoms with van der Waals surface area (Å²) in [4.78, 5) is 28.4. The SMILES string of the molecule is O=C(c1cc(-c2ccc([N+](=O)[O-])cc2)nn1-c1cccc(Cl)c1)N1CCN(Cc2ccccc2)CC1. The molecule has 9 heteroatoms. The van der Waals surface area contributed by atoms with Crippen molar-refractivity contribution in [2.24, 2.45) is 0 Å². The second-order valence-corrected chi connectivity index (χ2v) is 9.10. The number of halogens is 1. The van der Waals surface area contributed by atoms with Gasteiger partial charge in [-0.2, -0.15) is 5.10 Å². The first-order valence-corrected chi connectivity index (χ1v) is 12.0. The van der Waals surface area contributed by atoms with E-state index in [1.54, 1.807) is 35.0 Å². The second kappa shape index (κ2) is 10.3. The lowest BCUT2D eigenvalue weighted by atomic mass is 10.1. The Bertz CT molecular complexity index is 1380. The number of non-ortho nitro benzene ring substituents is 1. The lowest BCUT2D eigenvalue weighted by Crippen LogP contribution is -2.48. The number of rotatable bonds is 6. The number of piperazine rings is 1. The van der Waals surface area contributed by atoms with Gasteiger partial charge in [0, 0.05) is 55.4 Å². The van der Waals surface area contributed by atoms with Crippen molar-refractivity contribution < 1.29 is 9.72 Å². The summed E-state index contributed by atoms with van der Waals surface area (Å²) in [6.07, 6.45) is 0. The van der Waals surface area contributed by atoms with Gasteiger partial charge < -0.3 is 4.90 Å². The third-order valence-corrected chi connectivity index (χ3v) is 6.50. The van der Waals surface area contributed by atoms with Crippen molar-refractivity contribution in [3.63, 3.8) is 0 Å². The Balaban J connectivity index is 1.40. The van der Waals surface area contributed by atoms with Crippen LogP contribution < -0.4 is 0 Å². The van der Waals surface area contributed by atoms with Crippen LogP contribution in [0, 0.1) is 10.1 Å². The Kier molecular flexibility index (Phi) is 6.79. The van der Waals surface area contributed by atoms with Crippen molar-refractivity contribution in [1.82, 2.24) is 19.6 Å². The molecule has 1 saturated heterocycles. The average Bonchev–Trinajstić information content (AvgIpc) is 3.35. The Morgan fingerprint density at radius 2 is 1.64 bits per heavy atom. The molecule has 36 heavy (non-hydrogen) atoms. The number of carbonyl (C=O) groups excluding carboxylic acids is 1. The molecule has 8 nitrogen and oxygen atoms in total. The van der Waals surface area contributed by atoms with Crippen LogP contribution in [0.4, 0.5) is 5.69 Å². The van der Waals surface area contributed by atoms with Gasteiger partial charge in [0.1, 0.15) is 5.69 Å². The maximum Gasteiger partial charge on any atom is 0.272 e. The van der Waals surface area contributed by atoms with Crippen LogP contribution in [0.1, 0.15) is 16.1 Å². The number of benzene rings is 3. The van der Waals surface area contributed by atoms with Crippen molar-refractivity contribution in [3.05, 3.63) is 111 Å². The van der Waals surface area contributed by atoms with Crippen LogP contribution in [0.2, 0.25) is 5.02 Å². The van der Waals surface area contributed by atoms with E-state index >= 15 is 0 Å². The number of nitrogens with zero attached hydrogens (tertiary/aromatic N) is 5. The van der Waals surface area contributed by atoms with Gasteiger partial charge in [-0.05, 0) is 42.0 Å². The Morgan fingerprint density at radius 1 is 0.917 bits per heavy atom. The molecule has 0 spiro atoms. The van der Waals surface area contributed by atoms with E-state index in [4.69, 9.17) is 11.6 Å². The monoisotopic (exact) mass is 501 g/mol. The van der Waals surface area contributed by atoms with Gasteiger partial charge in [-0.15, -0.1) is 0 Å². The van der Waals surface area contributed by atoms with Crippen molar-refractivity contribution in [2.75, 3.05) is 26.2 Å². The number of hydrogen-bond acceptors (Lipinski definition) is 5. The highest BCUT2D eigenvalue weighted by atomic mass is 35.5. The maximum absolute atomic E-state index is 13.7. The first kappa shape index (κ1) is 23.7. The van der Waals surface area contributed by atoms with Crippen LogP contribution in [0.3, 0.4) is 0 Å². The molecule has 1 aliphatic rings. The number of amides is 1. The van der Waals surface area contributed by atoms with E-state index in [2.05, 4.69) is 22.1 Å². The first-order valence-electron chi connectivity index (χ1n) is 11.6. The molecule has 1 aromatic heterocycles. The van der Waals surface area contributed by atoms with E-state index in [0.717, 1.165) is 19.6 Å². The lowest BCUT2D eigenvalue weighted by Gasteiger charge is -2.34. The normalized spacial score (nSPS) is 14.1. The average molecular weight is 502 g/mol. The Hall–Kier alpha value is -4.01. The van der Waals surface area contributed by atoms with Crippen molar-refractivity contribution in [1.29, 1.82) is 0 Å². The third kappa shape index (κ3) is 5.15. The third-order valence-electron chi connectivity index (χ3n) is 6.26. The largest absolute Gasteiger partial charge is 0.335 e. The minimum absolute atomic E-state index is 0.00213. The number of carbonyl (C=O) groups is 1. The summed E-state index contributed by atoms with van der Waals surface area (Å²) in [7, 11) is 0. The molecule has 0 radical (unpaired) electrons. The van der Waals surface area contributed by atoms with Crippen molar-refractivity contribution >= 4 is 23.2 Å². The van der Waals surface area contributed by atoms with Gasteiger partial charge in [0.2, 0.25) is 0 Å². The highest BCUT2D eigenvalue weighted by Gasteiger charge is 2.26. The standard InChI is InChI=1S/C27H24ClN5O3/c28-22-7-4-8-24(17-22)32-26(18-25(29-32)21-9-11-23(12-10-21)33(35)36)27(34)31-15-13-30(14-16-31)19-20-5-2-1-3-6-20/h1-12,17-18H,13-16,19H2. The number of hydrogen-bond donors (Lipinski definition) is 0. The van der Waals surface area contributed by atoms with Gasteiger partial charge in [-0.1, -0.05) is 48.0 Å². The summed E-state index contributed by atoms with van der Waals surface area (Å²) in [6, 6.07) is 25.3. The zero-order chi connectivity index (χ0) is 25.1. The Morgan fingerprint density at radius 3 is 2.31 bits per heavy atom. The fourth-order valence-electron chi connectivity index (χ4n) is 4.35. The molecule has 1 fully saturated rings. The van der Waals surface area contributed by atoms with E-state index in [1.807, 2.05) is 35.2 Å². The molecule has 0 N–H and O–H groups in total. The maximum atomic E-state index is 13.7. The summed E-state index contributed by atoms with van der Waals surface area (Å²) in [5, 5.41) is 16.3. The van der Waals surface area contributed by atoms with E-state index in [0.29, 0.717) is 40.8 Å². The van der Waals surface area contributed by atoms with Crippen molar-refractivity contribution in [2.45, 2.75) is 6.54 Å². The zero-order valence-corrected chi connectivity index (χ0v) is 20.2. The molecule has 0 unspecified atom stereocenters. The fourth-order valence-corrected chi connectivity index (χ4v) is 4.53. The van der Waals surface area contributed by atoms with Crippen LogP contribution in [-0.4, -0.2) is 56.6 Å². The highest BCUT2D eigenvalue weighted by Crippen LogP contribution is 2.26. The lowest BCUT2D eigenvalue weighted by molar-refractivity contribution is -0.384. The van der Waals surface area contributed by atoms with Crippen LogP contribution in [0.25, 0.3) is 16.9 Å². The molecule has 0 bridgehead atoms. The summed E-state index contributed by atoms with van der Waals surface area (Å²) < 4.78 is 1.60. The zero-order valence-electron chi connectivity index (χ0n) is 19.5. The second-order valence-electron chi connectivity index (χ2n) is 8.66. The number of aromatic nitrogens is 2. The molecule has 182 valence electrons. The fraction of sp³-hybridized carbons (Fsp3) is 0.185. The van der Waals surface area contributed by atoms with Crippen LogP contribution in [0.15, 0.2) is 84.9 Å². The van der Waals surface area contributed by atoms with Gasteiger partial charge in [0.25, 0.3) is 11.6 Å². The topological polar surface area (TPSA) is 84.5 Å². The Labute approximate surface area is 213 Å². The van der Waals surface area contributed by atoms with Gasteiger partial charge in [-0.3, -0.25) is 19.8 Å². The van der Waals surface area contributed by atoms with Crippen molar-refractivity contribution in [3.8, 4) is 16.9 Å². The molecule has 2 heterocycles. The van der Waals surface area contributed by atoms with Crippen LogP contribution in [-0.2, 0) is 6.54 Å². The number of nitro groups is 1. The molecule has 5 rings (SSSR count). The molecular weight excluding hydrogens is 478 g/mol. The summed E-state index contributed by atoms with van der Waals surface area (Å²) in [5.74, 6) is -0.116. The van der Waals surface area contributed by atoms with E-state index in [-0.39, 0.29) is 11.6 Å². The number of nitro benzene ring substituents is 1. The quantitative estimate of drug-likeness (QED) is 0.272. The minimum atomic E-state index is -0.444. The van der Waals surface area contributed by atoms with E-state index in [1.165, 1.54) is 17.7 Å². The van der Waals surface area contributed by atoms with Crippen LogP contribution in [0.5, 0.6) is 0 Å². The molecule has 0 atom stereocenters. The van der Waals surface area contributed by atoms with E-state index < -0.39 is 4.92 Å². The highest BCUT2D eigenvalue weighted by molar-refractivity contribution is 6.30. The molecule has 3 aromatic carbocycles. The molecule has 4 aromatic rings. The van der Waals surface area contributed by atoms with Crippen LogP contribution >= 0.6 is 11.6 Å². The smallest absolute Gasteiger partial charge is 0.272 e. The predicted octanol–water partition coefficient (Wildman–Crippen LogP) is 5.06. The molecule has 1 aliphatic heterocycles. The molecule has 0 saturated carbocycles. The van der Waals surface area contributed by atoms with Gasteiger partial charge in [0.15, 0.2) is 0 Å². The summed E-state index contributed by atoms with van der Waals surface area (Å²) in [6.45, 7) is 3.63. The molecule has 1 amide bonds.